The highest BCUT2D eigenvalue weighted by Crippen LogP contribution is 2.35. The van der Waals surface area contributed by atoms with Crippen molar-refractivity contribution in [2.75, 3.05) is 6.61 Å². The third-order valence-electron chi connectivity index (χ3n) is 4.64. The van der Waals surface area contributed by atoms with Crippen molar-refractivity contribution in [3.63, 3.8) is 0 Å². The van der Waals surface area contributed by atoms with Crippen LogP contribution in [0.25, 0.3) is 5.76 Å². The van der Waals surface area contributed by atoms with E-state index in [1.165, 1.54) is 12.8 Å². The van der Waals surface area contributed by atoms with Gasteiger partial charge >= 0.3 is 0 Å². The van der Waals surface area contributed by atoms with E-state index in [0.717, 1.165) is 29.5 Å². The van der Waals surface area contributed by atoms with Crippen molar-refractivity contribution >= 4 is 5.76 Å². The minimum Gasteiger partial charge on any atom is -0.494 e. The molecule has 0 spiro atoms. The van der Waals surface area contributed by atoms with Crippen LogP contribution < -0.4 is 5.56 Å². The lowest BCUT2D eigenvalue weighted by molar-refractivity contribution is 0.298. The van der Waals surface area contributed by atoms with Crippen molar-refractivity contribution in [1.29, 1.82) is 0 Å². The van der Waals surface area contributed by atoms with Crippen molar-refractivity contribution in [1.82, 2.24) is 9.78 Å². The minimum absolute atomic E-state index is 0.0101. The van der Waals surface area contributed by atoms with E-state index in [2.05, 4.69) is 11.7 Å². The van der Waals surface area contributed by atoms with Crippen LogP contribution in [0.2, 0.25) is 0 Å². The summed E-state index contributed by atoms with van der Waals surface area (Å²) >= 11 is 0. The van der Waals surface area contributed by atoms with Gasteiger partial charge in [0.2, 0.25) is 0 Å². The van der Waals surface area contributed by atoms with Crippen LogP contribution in [0.15, 0.2) is 47.9 Å². The number of rotatable bonds is 6. The van der Waals surface area contributed by atoms with Crippen molar-refractivity contribution in [3.8, 4) is 0 Å². The summed E-state index contributed by atoms with van der Waals surface area (Å²) in [6.45, 7) is 6.94. The summed E-state index contributed by atoms with van der Waals surface area (Å²) in [6, 6.07) is 9.94. The minimum atomic E-state index is -0.0101. The van der Waals surface area contributed by atoms with E-state index in [9.17, 15) is 4.79 Å². The number of hydrogen-bond acceptors (Lipinski definition) is 3. The lowest BCUT2D eigenvalue weighted by Crippen LogP contribution is -2.29. The second-order valence-corrected chi connectivity index (χ2v) is 6.26. The van der Waals surface area contributed by atoms with Crippen LogP contribution in [0.1, 0.15) is 55.2 Å². The van der Waals surface area contributed by atoms with Gasteiger partial charge in [0.05, 0.1) is 19.3 Å². The van der Waals surface area contributed by atoms with Gasteiger partial charge in [-0.2, -0.15) is 5.10 Å². The molecule has 1 aliphatic rings. The zero-order valence-electron chi connectivity index (χ0n) is 14.2. The molecule has 126 valence electrons. The molecule has 0 saturated heterocycles. The van der Waals surface area contributed by atoms with E-state index in [-0.39, 0.29) is 11.5 Å². The Bertz CT molecular complexity index is 759. The highest BCUT2D eigenvalue weighted by molar-refractivity contribution is 5.60. The topological polar surface area (TPSA) is 44.1 Å². The van der Waals surface area contributed by atoms with Gasteiger partial charge in [0.25, 0.3) is 5.56 Å². The molecule has 1 aromatic carbocycles. The van der Waals surface area contributed by atoms with Crippen molar-refractivity contribution < 1.29 is 4.74 Å². The standard InChI is InChI=1S/C20H24N2O2/c1-3-24-15(2)18-13-21-22(14-16-9-5-4-6-10-16)20(23)19(18)17-11-7-8-12-17/h4-6,9-10,13,17H,2-3,7-8,11-12,14H2,1H3. The molecule has 0 aliphatic heterocycles. The van der Waals surface area contributed by atoms with Gasteiger partial charge in [0.15, 0.2) is 0 Å². The van der Waals surface area contributed by atoms with E-state index in [1.807, 2.05) is 37.3 Å². The average Bonchev–Trinajstić information content (AvgIpc) is 3.11. The Morgan fingerprint density at radius 2 is 2.00 bits per heavy atom. The van der Waals surface area contributed by atoms with Gasteiger partial charge in [-0.3, -0.25) is 4.79 Å². The molecule has 1 saturated carbocycles. The zero-order valence-corrected chi connectivity index (χ0v) is 14.2. The first kappa shape index (κ1) is 16.5. The molecule has 2 aromatic rings. The maximum atomic E-state index is 13.1. The van der Waals surface area contributed by atoms with Gasteiger partial charge in [0.1, 0.15) is 5.76 Å². The van der Waals surface area contributed by atoms with Crippen LogP contribution in [0.3, 0.4) is 0 Å². The quantitative estimate of drug-likeness (QED) is 0.756. The molecule has 0 unspecified atom stereocenters. The third-order valence-corrected chi connectivity index (χ3v) is 4.64. The summed E-state index contributed by atoms with van der Waals surface area (Å²) < 4.78 is 7.12. The largest absolute Gasteiger partial charge is 0.494 e. The van der Waals surface area contributed by atoms with Crippen molar-refractivity contribution in [2.45, 2.75) is 45.1 Å². The number of benzene rings is 1. The molecule has 0 bridgehead atoms. The predicted molar refractivity (Wildman–Crippen MR) is 95.9 cm³/mol. The summed E-state index contributed by atoms with van der Waals surface area (Å²) in [6.07, 6.45) is 6.20. The molecular weight excluding hydrogens is 300 g/mol. The molecule has 1 fully saturated rings. The Morgan fingerprint density at radius 1 is 1.29 bits per heavy atom. The summed E-state index contributed by atoms with van der Waals surface area (Å²) in [5.41, 5.74) is 2.67. The van der Waals surface area contributed by atoms with Crippen molar-refractivity contribution in [3.05, 3.63) is 70.2 Å². The highest BCUT2D eigenvalue weighted by atomic mass is 16.5. The Hall–Kier alpha value is -2.36. The van der Waals surface area contributed by atoms with E-state index in [1.54, 1.807) is 10.9 Å². The van der Waals surface area contributed by atoms with Gasteiger partial charge in [-0.1, -0.05) is 49.8 Å². The summed E-state index contributed by atoms with van der Waals surface area (Å²) in [4.78, 5) is 13.1. The summed E-state index contributed by atoms with van der Waals surface area (Å²) in [5.74, 6) is 0.839. The monoisotopic (exact) mass is 324 g/mol. The lowest BCUT2D eigenvalue weighted by Gasteiger charge is -2.17. The molecule has 4 heteroatoms. The van der Waals surface area contributed by atoms with E-state index >= 15 is 0 Å². The van der Waals surface area contributed by atoms with Crippen LogP contribution in [-0.4, -0.2) is 16.4 Å². The van der Waals surface area contributed by atoms with Gasteiger partial charge in [0, 0.05) is 11.1 Å². The van der Waals surface area contributed by atoms with Crippen molar-refractivity contribution in [2.24, 2.45) is 0 Å². The molecule has 0 N–H and O–H groups in total. The second-order valence-electron chi connectivity index (χ2n) is 6.26. The van der Waals surface area contributed by atoms with Gasteiger partial charge in [-0.25, -0.2) is 4.68 Å². The van der Waals surface area contributed by atoms with E-state index in [0.29, 0.717) is 18.9 Å². The fourth-order valence-corrected chi connectivity index (χ4v) is 3.46. The maximum Gasteiger partial charge on any atom is 0.271 e. The maximum absolute atomic E-state index is 13.1. The smallest absolute Gasteiger partial charge is 0.271 e. The fraction of sp³-hybridized carbons (Fsp3) is 0.400. The van der Waals surface area contributed by atoms with Crippen LogP contribution in [0, 0.1) is 0 Å². The molecule has 3 rings (SSSR count). The number of aromatic nitrogens is 2. The fourth-order valence-electron chi connectivity index (χ4n) is 3.46. The first-order chi connectivity index (χ1) is 11.7. The number of ether oxygens (including phenoxy) is 1. The van der Waals surface area contributed by atoms with Crippen LogP contribution in [0.5, 0.6) is 0 Å². The van der Waals surface area contributed by atoms with Gasteiger partial charge in [-0.05, 0) is 31.2 Å². The Kier molecular flexibility index (Phi) is 5.14. The Morgan fingerprint density at radius 3 is 2.67 bits per heavy atom. The van der Waals surface area contributed by atoms with E-state index < -0.39 is 0 Å². The SMILES string of the molecule is C=C(OCC)c1cnn(Cc2ccccc2)c(=O)c1C1CCCC1. The zero-order chi connectivity index (χ0) is 16.9. The molecule has 0 atom stereocenters. The number of hydrogen-bond donors (Lipinski definition) is 0. The molecule has 0 amide bonds. The molecule has 1 heterocycles. The van der Waals surface area contributed by atoms with Gasteiger partial charge < -0.3 is 4.74 Å². The Balaban J connectivity index is 2.02. The molecule has 1 aliphatic carbocycles. The lowest BCUT2D eigenvalue weighted by atomic mass is 9.94. The summed E-state index contributed by atoms with van der Waals surface area (Å²) in [7, 11) is 0. The number of nitrogens with zero attached hydrogens (tertiary/aromatic N) is 2. The molecule has 0 radical (unpaired) electrons. The second kappa shape index (κ2) is 7.47. The molecule has 1 aromatic heterocycles. The highest BCUT2D eigenvalue weighted by Gasteiger charge is 2.25. The molecule has 24 heavy (non-hydrogen) atoms. The first-order valence-electron chi connectivity index (χ1n) is 8.66. The molecule has 4 nitrogen and oxygen atoms in total. The summed E-state index contributed by atoms with van der Waals surface area (Å²) in [5, 5.41) is 4.37. The van der Waals surface area contributed by atoms with Gasteiger partial charge in [-0.15, -0.1) is 0 Å². The Labute approximate surface area is 142 Å². The predicted octanol–water partition coefficient (Wildman–Crippen LogP) is 3.96. The van der Waals surface area contributed by atoms with Crippen LogP contribution in [-0.2, 0) is 11.3 Å². The first-order valence-corrected chi connectivity index (χ1v) is 8.66. The third kappa shape index (κ3) is 3.42. The van der Waals surface area contributed by atoms with Crippen LogP contribution in [0.4, 0.5) is 0 Å². The van der Waals surface area contributed by atoms with E-state index in [4.69, 9.17) is 4.74 Å². The normalized spacial score (nSPS) is 14.7. The average molecular weight is 324 g/mol. The molecular formula is C20H24N2O2. The van der Waals surface area contributed by atoms with Crippen LogP contribution >= 0.6 is 0 Å².